The smallest absolute Gasteiger partial charge is 0.336 e. The molecule has 88 valence electrons. The largest absolute Gasteiger partial charge is 0.483 e. The van der Waals surface area contributed by atoms with Gasteiger partial charge in [-0.05, 0) is 31.5 Å². The van der Waals surface area contributed by atoms with Crippen molar-refractivity contribution >= 4 is 17.3 Å². The predicted molar refractivity (Wildman–Crippen MR) is 63.4 cm³/mol. The molecule has 2 rings (SSSR count). The molecule has 0 radical (unpaired) electrons. The van der Waals surface area contributed by atoms with Crippen molar-refractivity contribution in [1.82, 2.24) is 0 Å². The van der Waals surface area contributed by atoms with Gasteiger partial charge in [0.15, 0.2) is 12.4 Å². The Bertz CT molecular complexity index is 612. The molecule has 0 aliphatic heterocycles. The second kappa shape index (κ2) is 4.41. The molecule has 1 heterocycles. The lowest BCUT2D eigenvalue weighted by Crippen LogP contribution is -2.12. The monoisotopic (exact) mass is 232 g/mol. The molecular formula is C13H12O4. The Labute approximate surface area is 97.8 Å². The number of benzene rings is 1. The summed E-state index contributed by atoms with van der Waals surface area (Å²) in [5.74, 6) is 0.505. The van der Waals surface area contributed by atoms with Crippen molar-refractivity contribution in [3.8, 4) is 5.75 Å². The molecule has 17 heavy (non-hydrogen) atoms. The average Bonchev–Trinajstić information content (AvgIpc) is 2.28. The fourth-order valence-electron chi connectivity index (χ4n) is 1.62. The van der Waals surface area contributed by atoms with E-state index in [1.54, 1.807) is 25.1 Å². The van der Waals surface area contributed by atoms with Gasteiger partial charge in [-0.25, -0.2) is 4.79 Å². The van der Waals surface area contributed by atoms with Crippen LogP contribution in [0.2, 0.25) is 0 Å². The Kier molecular flexibility index (Phi) is 2.95. The molecule has 4 heteroatoms. The van der Waals surface area contributed by atoms with Crippen LogP contribution in [0.4, 0.5) is 0 Å². The molecule has 4 nitrogen and oxygen atoms in total. The summed E-state index contributed by atoms with van der Waals surface area (Å²) in [7, 11) is 0. The molecule has 1 aromatic heterocycles. The zero-order valence-electron chi connectivity index (χ0n) is 9.60. The predicted octanol–water partition coefficient (Wildman–Crippen LogP) is 2.07. The van der Waals surface area contributed by atoms with Gasteiger partial charge in [-0.15, -0.1) is 0 Å². The number of hydrogen-bond acceptors (Lipinski definition) is 4. The van der Waals surface area contributed by atoms with Gasteiger partial charge in [0.25, 0.3) is 0 Å². The van der Waals surface area contributed by atoms with Crippen LogP contribution >= 0.6 is 0 Å². The number of fused-ring (bicyclic) bond motifs is 1. The van der Waals surface area contributed by atoms with E-state index in [1.165, 1.54) is 6.07 Å². The minimum absolute atomic E-state index is 0.393. The zero-order chi connectivity index (χ0) is 12.4. The van der Waals surface area contributed by atoms with E-state index in [1.807, 2.05) is 6.92 Å². The van der Waals surface area contributed by atoms with Gasteiger partial charge in [0.05, 0.1) is 0 Å². The highest BCUT2D eigenvalue weighted by molar-refractivity contribution is 5.81. The third kappa shape index (κ3) is 2.36. The second-order valence-corrected chi connectivity index (χ2v) is 3.87. The topological polar surface area (TPSA) is 56.5 Å². The van der Waals surface area contributed by atoms with Crippen LogP contribution in [0, 0.1) is 6.92 Å². The van der Waals surface area contributed by atoms with Crippen molar-refractivity contribution in [2.75, 3.05) is 0 Å². The fraction of sp³-hybridized carbons (Fsp3) is 0.231. The van der Waals surface area contributed by atoms with Gasteiger partial charge in [0.2, 0.25) is 0 Å². The van der Waals surface area contributed by atoms with Crippen LogP contribution in [0.3, 0.4) is 0 Å². The van der Waals surface area contributed by atoms with Crippen molar-refractivity contribution in [2.45, 2.75) is 20.0 Å². The first kappa shape index (κ1) is 11.4. The number of aryl methyl sites for hydroxylation is 1. The molecule has 0 spiro atoms. The maximum Gasteiger partial charge on any atom is 0.336 e. The minimum atomic E-state index is -0.524. The Hall–Kier alpha value is -2.10. The molecule has 0 N–H and O–H groups in total. The first-order chi connectivity index (χ1) is 8.10. The van der Waals surface area contributed by atoms with Gasteiger partial charge in [0, 0.05) is 17.5 Å². The quantitative estimate of drug-likeness (QED) is 0.600. The number of hydrogen-bond donors (Lipinski definition) is 0. The Morgan fingerprint density at radius 1 is 1.35 bits per heavy atom. The van der Waals surface area contributed by atoms with Crippen LogP contribution < -0.4 is 10.4 Å². The third-order valence-electron chi connectivity index (χ3n) is 2.44. The van der Waals surface area contributed by atoms with Crippen molar-refractivity contribution in [1.29, 1.82) is 0 Å². The van der Waals surface area contributed by atoms with Crippen molar-refractivity contribution < 1.29 is 13.9 Å². The van der Waals surface area contributed by atoms with Crippen molar-refractivity contribution in [3.63, 3.8) is 0 Å². The van der Waals surface area contributed by atoms with Gasteiger partial charge in [-0.3, -0.25) is 4.79 Å². The molecule has 0 aliphatic rings. The van der Waals surface area contributed by atoms with Crippen molar-refractivity contribution in [3.05, 3.63) is 40.2 Å². The maximum atomic E-state index is 11.2. The lowest BCUT2D eigenvalue weighted by atomic mass is 10.1. The van der Waals surface area contributed by atoms with Crippen LogP contribution in [-0.2, 0) is 4.79 Å². The van der Waals surface area contributed by atoms with Crippen LogP contribution in [0.15, 0.2) is 33.5 Å². The molecule has 0 unspecified atom stereocenters. The summed E-state index contributed by atoms with van der Waals surface area (Å²) in [6, 6.07) is 6.61. The lowest BCUT2D eigenvalue weighted by molar-refractivity contribution is -0.113. The molecule has 0 amide bonds. The number of aldehydes is 1. The Morgan fingerprint density at radius 3 is 2.82 bits per heavy atom. The highest BCUT2D eigenvalue weighted by Gasteiger charge is 2.06. The SMILES string of the molecule is Cc1cc(=O)oc2cc(O[C@H](C)C=O)ccc12. The molecular weight excluding hydrogens is 220 g/mol. The summed E-state index contributed by atoms with van der Waals surface area (Å²) < 4.78 is 10.4. The van der Waals surface area contributed by atoms with Crippen LogP contribution in [0.25, 0.3) is 11.0 Å². The first-order valence-corrected chi connectivity index (χ1v) is 5.26. The van der Waals surface area contributed by atoms with E-state index in [4.69, 9.17) is 9.15 Å². The highest BCUT2D eigenvalue weighted by Crippen LogP contribution is 2.22. The van der Waals surface area contributed by atoms with E-state index in [2.05, 4.69) is 0 Å². The van der Waals surface area contributed by atoms with Gasteiger partial charge >= 0.3 is 5.63 Å². The Balaban J connectivity index is 2.50. The Morgan fingerprint density at radius 2 is 2.12 bits per heavy atom. The maximum absolute atomic E-state index is 11.2. The average molecular weight is 232 g/mol. The first-order valence-electron chi connectivity index (χ1n) is 5.26. The normalized spacial score (nSPS) is 12.4. The summed E-state index contributed by atoms with van der Waals surface area (Å²) in [6.45, 7) is 3.48. The third-order valence-corrected chi connectivity index (χ3v) is 2.44. The number of rotatable bonds is 3. The summed E-state index contributed by atoms with van der Waals surface area (Å²) in [5.41, 5.74) is 0.924. The molecule has 1 atom stereocenters. The van der Waals surface area contributed by atoms with E-state index < -0.39 is 11.7 Å². The van der Waals surface area contributed by atoms with Gasteiger partial charge in [-0.2, -0.15) is 0 Å². The van der Waals surface area contributed by atoms with E-state index in [0.29, 0.717) is 17.6 Å². The van der Waals surface area contributed by atoms with Gasteiger partial charge < -0.3 is 9.15 Å². The van der Waals surface area contributed by atoms with E-state index in [0.717, 1.165) is 10.9 Å². The molecule has 0 bridgehead atoms. The van der Waals surface area contributed by atoms with Gasteiger partial charge in [-0.1, -0.05) is 0 Å². The van der Waals surface area contributed by atoms with Crippen LogP contribution in [-0.4, -0.2) is 12.4 Å². The lowest BCUT2D eigenvalue weighted by Gasteiger charge is -2.09. The molecule has 0 saturated carbocycles. The molecule has 0 aliphatic carbocycles. The van der Waals surface area contributed by atoms with Crippen molar-refractivity contribution in [2.24, 2.45) is 0 Å². The summed E-state index contributed by atoms with van der Waals surface area (Å²) in [6.07, 6.45) is 0.181. The summed E-state index contributed by atoms with van der Waals surface area (Å²) >= 11 is 0. The van der Waals surface area contributed by atoms with Crippen LogP contribution in [0.5, 0.6) is 5.75 Å². The fourth-order valence-corrected chi connectivity index (χ4v) is 1.62. The number of carbonyl (C=O) groups is 1. The highest BCUT2D eigenvalue weighted by atomic mass is 16.5. The molecule has 0 fully saturated rings. The van der Waals surface area contributed by atoms with Gasteiger partial charge in [0.1, 0.15) is 11.3 Å². The zero-order valence-corrected chi connectivity index (χ0v) is 9.60. The summed E-state index contributed by atoms with van der Waals surface area (Å²) in [5, 5.41) is 0.857. The standard InChI is InChI=1S/C13H12O4/c1-8-5-13(15)17-12-6-10(3-4-11(8)12)16-9(2)7-14/h3-7,9H,1-2H3/t9-/m1/s1. The molecule has 1 aromatic carbocycles. The molecule has 0 saturated heterocycles. The minimum Gasteiger partial charge on any atom is -0.483 e. The van der Waals surface area contributed by atoms with Crippen LogP contribution in [0.1, 0.15) is 12.5 Å². The number of carbonyl (C=O) groups excluding carboxylic acids is 1. The second-order valence-electron chi connectivity index (χ2n) is 3.87. The van der Waals surface area contributed by atoms with E-state index in [9.17, 15) is 9.59 Å². The number of ether oxygens (including phenoxy) is 1. The summed E-state index contributed by atoms with van der Waals surface area (Å²) in [4.78, 5) is 21.7. The van der Waals surface area contributed by atoms with E-state index in [-0.39, 0.29) is 0 Å². The van der Waals surface area contributed by atoms with E-state index >= 15 is 0 Å². The molecule has 2 aromatic rings.